The molecule has 0 nitrogen and oxygen atoms in total. The fourth-order valence-corrected chi connectivity index (χ4v) is 16.2. The van der Waals surface area contributed by atoms with Crippen LogP contribution in [0.1, 0.15) is 33.4 Å². The van der Waals surface area contributed by atoms with Crippen LogP contribution >= 0.6 is 294 Å². The largest absolute Gasteiger partial charge is 0.167 e. The zero-order chi connectivity index (χ0) is 37.7. The van der Waals surface area contributed by atoms with E-state index in [0.717, 1.165) is 0 Å². The maximum Gasteiger partial charge on any atom is 0 e. The predicted octanol–water partition coefficient (Wildman–Crippen LogP) is 17.1. The van der Waals surface area contributed by atoms with E-state index in [0.29, 0.717) is 0 Å². The van der Waals surface area contributed by atoms with Crippen molar-refractivity contribution in [3.8, 4) is 0 Å². The molecule has 5 aromatic rings. The molecule has 0 unspecified atom stereocenters. The van der Waals surface area contributed by atoms with Crippen molar-refractivity contribution in [3.05, 3.63) is 147 Å². The van der Waals surface area contributed by atoms with Gasteiger partial charge in [0, 0.05) is 105 Å². The normalized spacial score (nSPS) is 9.02. The van der Waals surface area contributed by atoms with Gasteiger partial charge in [-0.15, -0.1) is 51.4 Å². The molecule has 0 aromatic heterocycles. The molecule has 0 spiro atoms. The van der Waals surface area contributed by atoms with Gasteiger partial charge in [0.1, 0.15) is 0 Å². The molecule has 0 aliphatic heterocycles. The molecule has 5 rings (SSSR count). The molecule has 5 aromatic carbocycles. The molecule has 54 heavy (non-hydrogen) atoms. The summed E-state index contributed by atoms with van der Waals surface area (Å²) in [5.74, 6) is 0. The summed E-state index contributed by atoms with van der Waals surface area (Å²) in [4.78, 5) is 0. The van der Waals surface area contributed by atoms with E-state index in [9.17, 15) is 0 Å². The van der Waals surface area contributed by atoms with E-state index >= 15 is 0 Å². The van der Waals surface area contributed by atoms with Crippen LogP contribution in [0.25, 0.3) is 0 Å². The van der Waals surface area contributed by atoms with Crippen LogP contribution in [0.4, 0.5) is 0 Å². The van der Waals surface area contributed by atoms with Gasteiger partial charge in [-0.2, -0.15) is 71.3 Å². The van der Waals surface area contributed by atoms with Gasteiger partial charge in [-0.3, -0.25) is 0 Å². The summed E-state index contributed by atoms with van der Waals surface area (Å²) in [5, 5.41) is 0. The van der Waals surface area contributed by atoms with Crippen molar-refractivity contribution in [3.63, 3.8) is 0 Å². The van der Waals surface area contributed by atoms with Crippen LogP contribution in [0.15, 0.2) is 36.4 Å². The van der Waals surface area contributed by atoms with Crippen molar-refractivity contribution in [2.75, 3.05) is 0 Å². The number of benzene rings is 5. The van der Waals surface area contributed by atoms with Gasteiger partial charge < -0.3 is 0 Å². The van der Waals surface area contributed by atoms with Gasteiger partial charge in [0.2, 0.25) is 0 Å². The summed E-state index contributed by atoms with van der Waals surface area (Å²) in [6.07, 6.45) is 0. The number of aryl methyl sites for hydroxylation is 3. The van der Waals surface area contributed by atoms with Crippen LogP contribution in [0.2, 0.25) is 0 Å². The Kier molecular flexibility index (Phi) is 51.9. The molecule has 0 saturated carbocycles. The van der Waals surface area contributed by atoms with Crippen LogP contribution in [-0.4, -0.2) is 0 Å². The molecule has 0 amide bonds. The number of rotatable bonds is 0. The summed E-state index contributed by atoms with van der Waals surface area (Å²) in [6.45, 7) is 12.6. The topological polar surface area (TPSA) is 0 Å². The minimum Gasteiger partial charge on any atom is -0.167 e. The minimum atomic E-state index is 0. The average molecular weight is 3030 g/mol. The van der Waals surface area contributed by atoms with Crippen molar-refractivity contribution in [2.24, 2.45) is 0 Å². The van der Waals surface area contributed by atoms with E-state index in [2.05, 4.69) is 402 Å². The standard InChI is InChI=1S/C8H6I3.2C7H4I3.2C7H5I2.5W/c1-4-6(9)3-7(10)5(2)8(4)11;1-4-6(9)2-5(8)3-7(4)10;1-4-2-5(8)7(10)6(9)3-4;2*1-5-2-6(8)4-7(9)3-5;;;;;/h1-2H3;2*2H,1H3;2,4H,1H3;2-3H,1H3;;;;;/q5*-1;;;;;. The van der Waals surface area contributed by atoms with Gasteiger partial charge in [0.05, 0.1) is 0 Å². The Morgan fingerprint density at radius 1 is 0.333 bits per heavy atom. The summed E-state index contributed by atoms with van der Waals surface area (Å²) in [6, 6.07) is 28.9. The first-order valence-corrected chi connectivity index (χ1v) is 27.4. The third-order valence-electron chi connectivity index (χ3n) is 5.64. The Labute approximate surface area is 572 Å². The third-order valence-corrected chi connectivity index (χ3v) is 19.4. The third kappa shape index (κ3) is 30.4. The first-order valence-electron chi connectivity index (χ1n) is 13.4. The molecule has 0 aliphatic carbocycles. The molecule has 0 fully saturated rings. The Morgan fingerprint density at radius 3 is 1.13 bits per heavy atom. The molecule has 0 N–H and O–H groups in total. The van der Waals surface area contributed by atoms with Crippen molar-refractivity contribution in [2.45, 2.75) is 41.5 Å². The van der Waals surface area contributed by atoms with E-state index in [1.54, 1.807) is 0 Å². The molecule has 0 atom stereocenters. The first kappa shape index (κ1) is 72.0. The Balaban J connectivity index is -0.000000181. The van der Waals surface area contributed by atoms with E-state index in [-0.39, 0.29) is 105 Å². The van der Waals surface area contributed by atoms with E-state index < -0.39 is 0 Å². The van der Waals surface area contributed by atoms with Crippen molar-refractivity contribution >= 4 is 294 Å². The Bertz CT molecular complexity index is 1610. The molecular formula is C36H24I13W5-5. The van der Waals surface area contributed by atoms with Crippen molar-refractivity contribution < 1.29 is 105 Å². The van der Waals surface area contributed by atoms with E-state index in [4.69, 9.17) is 0 Å². The van der Waals surface area contributed by atoms with Gasteiger partial charge in [0.15, 0.2) is 0 Å². The molecule has 0 bridgehead atoms. The van der Waals surface area contributed by atoms with Crippen LogP contribution in [0.3, 0.4) is 0 Å². The molecule has 18 heteroatoms. The molecule has 0 heterocycles. The zero-order valence-corrected chi connectivity index (χ0v) is 71.1. The SMILES string of the molecule is Cc1[c-]c(I)c(I)c(I)c1.Cc1[c-]c(I)cc(I)c1.Cc1c(I)[c-]c(I)c(C)c1I.Cc1c(I)[c-]c(I)cc1I.Cc1cc(I)[c-]c(I)c1.[W].[W].[W].[W].[W]. The van der Waals surface area contributed by atoms with Gasteiger partial charge >= 0.3 is 0 Å². The van der Waals surface area contributed by atoms with Gasteiger partial charge in [-0.1, -0.05) is 359 Å². The van der Waals surface area contributed by atoms with Crippen molar-refractivity contribution in [1.29, 1.82) is 0 Å². The van der Waals surface area contributed by atoms with Crippen LogP contribution < -0.4 is 0 Å². The Hall–Kier alpha value is 9.03. The molecule has 294 valence electrons. The number of halogens is 13. The molecule has 0 saturated heterocycles. The average Bonchev–Trinajstić information content (AvgIpc) is 2.96. The van der Waals surface area contributed by atoms with Crippen LogP contribution in [0.5, 0.6) is 0 Å². The second-order valence-electron chi connectivity index (χ2n) is 9.83. The Morgan fingerprint density at radius 2 is 0.741 bits per heavy atom. The quantitative estimate of drug-likeness (QED) is 0.0824. The van der Waals surface area contributed by atoms with Crippen molar-refractivity contribution in [1.82, 2.24) is 0 Å². The zero-order valence-electron chi connectivity index (χ0n) is 28.4. The second-order valence-corrected chi connectivity index (χ2v) is 24.5. The van der Waals surface area contributed by atoms with E-state index in [1.807, 2.05) is 0 Å². The second kappa shape index (κ2) is 38.9. The monoisotopic (exact) mass is 3030 g/mol. The van der Waals surface area contributed by atoms with Crippen LogP contribution in [-0.2, 0) is 105 Å². The predicted molar refractivity (Wildman–Crippen MR) is 320 cm³/mol. The van der Waals surface area contributed by atoms with Crippen LogP contribution in [0, 0.1) is 118 Å². The van der Waals surface area contributed by atoms with Gasteiger partial charge in [0.25, 0.3) is 0 Å². The summed E-state index contributed by atoms with van der Waals surface area (Å²) in [7, 11) is 0. The fourth-order valence-electron chi connectivity index (χ4n) is 3.20. The number of hydrogen-bond donors (Lipinski definition) is 0. The minimum absolute atomic E-state index is 0. The number of hydrogen-bond acceptors (Lipinski definition) is 0. The van der Waals surface area contributed by atoms with Gasteiger partial charge in [-0.05, 0) is 0 Å². The molecule has 0 aliphatic rings. The summed E-state index contributed by atoms with van der Waals surface area (Å²) >= 11 is 30.1. The maximum atomic E-state index is 3.32. The molecular weight excluding hydrogens is 3000 g/mol. The maximum absolute atomic E-state index is 3.32. The summed E-state index contributed by atoms with van der Waals surface area (Å²) < 4.78 is 16.3. The van der Waals surface area contributed by atoms with E-state index in [1.165, 1.54) is 79.8 Å². The first-order chi connectivity index (χ1) is 22.6. The molecule has 0 radical (unpaired) electrons. The van der Waals surface area contributed by atoms with Gasteiger partial charge in [-0.25, -0.2) is 0 Å². The smallest absolute Gasteiger partial charge is 0 e. The summed E-state index contributed by atoms with van der Waals surface area (Å²) in [5.41, 5.74) is 7.78. The fraction of sp³-hybridized carbons (Fsp3) is 0.167.